The molecule has 2 unspecified atom stereocenters. The van der Waals surface area contributed by atoms with E-state index < -0.39 is 18.5 Å². The first kappa shape index (κ1) is 30.2. The van der Waals surface area contributed by atoms with Crippen molar-refractivity contribution in [2.45, 2.75) is 32.2 Å². The number of urea groups is 1. The van der Waals surface area contributed by atoms with Gasteiger partial charge in [0, 0.05) is 29.0 Å². The number of methoxy groups -OCH3 is 1. The smallest absolute Gasteiger partial charge is 0.497 e. The third kappa shape index (κ3) is 6.66. The Labute approximate surface area is 260 Å². The average Bonchev–Trinajstić information content (AvgIpc) is 3.67. The lowest BCUT2D eigenvalue weighted by molar-refractivity contribution is -0.274. The number of nitrogens with zero attached hydrogens (tertiary/aromatic N) is 5. The summed E-state index contributed by atoms with van der Waals surface area (Å²) in [5.41, 5.74) is 7.59. The minimum Gasteiger partial charge on any atom is -0.497 e. The van der Waals surface area contributed by atoms with Gasteiger partial charge in [0.15, 0.2) is 11.0 Å². The van der Waals surface area contributed by atoms with Crippen LogP contribution in [0.15, 0.2) is 89.8 Å². The fourth-order valence-corrected chi connectivity index (χ4v) is 6.00. The number of alkyl halides is 3. The number of nitrogens with one attached hydrogen (secondary N) is 1. The van der Waals surface area contributed by atoms with Crippen molar-refractivity contribution < 1.29 is 32.3 Å². The van der Waals surface area contributed by atoms with Gasteiger partial charge in [-0.25, -0.2) is 19.9 Å². The second-order valence-electron chi connectivity index (χ2n) is 10.2. The lowest BCUT2D eigenvalue weighted by Gasteiger charge is -2.30. The first-order valence-electron chi connectivity index (χ1n) is 13.8. The number of benzene rings is 3. The number of carbonyl (C=O) groups excluding carboxylic acids is 1. The Morgan fingerprint density at radius 1 is 1.09 bits per heavy atom. The predicted octanol–water partition coefficient (Wildman–Crippen LogP) is 7.15. The molecule has 10 nitrogen and oxygen atoms in total. The number of amidine groups is 1. The minimum absolute atomic E-state index is 0.232. The number of ether oxygens (including phenoxy) is 2. The van der Waals surface area contributed by atoms with Crippen LogP contribution in [0.5, 0.6) is 11.5 Å². The molecule has 2 aliphatic rings. The van der Waals surface area contributed by atoms with Gasteiger partial charge in [0.05, 0.1) is 18.5 Å². The van der Waals surface area contributed by atoms with Crippen molar-refractivity contribution in [2.24, 2.45) is 4.99 Å². The number of thioether (sulfide) groups is 1. The van der Waals surface area contributed by atoms with Crippen LogP contribution >= 0.6 is 11.8 Å². The maximum absolute atomic E-state index is 12.8. The number of carbonyl (C=O) groups is 1. The van der Waals surface area contributed by atoms with Gasteiger partial charge in [-0.3, -0.25) is 9.74 Å². The van der Waals surface area contributed by atoms with Crippen LogP contribution in [0, 0.1) is 0 Å². The zero-order valence-electron chi connectivity index (χ0n) is 24.3. The summed E-state index contributed by atoms with van der Waals surface area (Å²) in [6.45, 7) is 3.93. The van der Waals surface area contributed by atoms with E-state index in [1.165, 1.54) is 47.0 Å². The Kier molecular flexibility index (Phi) is 8.25. The highest BCUT2D eigenvalue weighted by Crippen LogP contribution is 2.44. The summed E-state index contributed by atoms with van der Waals surface area (Å²) in [5.74, 6) is 1.75. The van der Waals surface area contributed by atoms with Gasteiger partial charge in [0.1, 0.15) is 23.9 Å². The molecule has 1 saturated heterocycles. The maximum Gasteiger partial charge on any atom is 0.573 e. The first-order chi connectivity index (χ1) is 21.6. The van der Waals surface area contributed by atoms with E-state index in [9.17, 15) is 18.0 Å². The molecule has 14 heteroatoms. The van der Waals surface area contributed by atoms with Gasteiger partial charge in [-0.2, -0.15) is 4.99 Å². The number of fused-ring (bicyclic) bond motifs is 3. The second kappa shape index (κ2) is 12.3. The largest absolute Gasteiger partial charge is 0.573 e. The van der Waals surface area contributed by atoms with E-state index in [2.05, 4.69) is 38.3 Å². The number of amides is 2. The van der Waals surface area contributed by atoms with Gasteiger partial charge >= 0.3 is 12.4 Å². The fourth-order valence-electron chi connectivity index (χ4n) is 5.00. The predicted molar refractivity (Wildman–Crippen MR) is 163 cm³/mol. The Balaban J connectivity index is 1.07. The van der Waals surface area contributed by atoms with E-state index in [1.54, 1.807) is 14.0 Å². The number of halogens is 3. The van der Waals surface area contributed by atoms with Gasteiger partial charge in [-0.1, -0.05) is 55.1 Å². The van der Waals surface area contributed by atoms with Gasteiger partial charge < -0.3 is 9.47 Å². The van der Waals surface area contributed by atoms with E-state index in [4.69, 9.17) is 9.57 Å². The zero-order chi connectivity index (χ0) is 31.7. The second-order valence-corrected chi connectivity index (χ2v) is 11.2. The number of anilines is 1. The fraction of sp³-hybridized carbons (Fsp3) is 0.226. The average molecular weight is 637 g/mol. The van der Waals surface area contributed by atoms with Crippen molar-refractivity contribution in [3.63, 3.8) is 0 Å². The molecule has 4 aromatic rings. The maximum atomic E-state index is 12.8. The van der Waals surface area contributed by atoms with Gasteiger partial charge in [-0.05, 0) is 48.4 Å². The molecule has 1 N–H and O–H groups in total. The van der Waals surface area contributed by atoms with Crippen molar-refractivity contribution in [1.82, 2.24) is 20.2 Å². The minimum atomic E-state index is -4.76. The number of hydroxylamine groups is 1. The molecule has 0 aliphatic carbocycles. The zero-order valence-corrected chi connectivity index (χ0v) is 25.1. The molecule has 0 radical (unpaired) electrons. The molecule has 0 saturated carbocycles. The van der Waals surface area contributed by atoms with Crippen LogP contribution in [-0.2, 0) is 4.84 Å². The van der Waals surface area contributed by atoms with Crippen LogP contribution in [0.3, 0.4) is 0 Å². The topological polar surface area (TPSA) is 103 Å². The molecule has 3 aromatic carbocycles. The van der Waals surface area contributed by atoms with Crippen molar-refractivity contribution in [1.29, 1.82) is 0 Å². The monoisotopic (exact) mass is 636 g/mol. The van der Waals surface area contributed by atoms with E-state index in [0.717, 1.165) is 28.3 Å². The molecular weight excluding hydrogens is 609 g/mol. The summed E-state index contributed by atoms with van der Waals surface area (Å²) in [6, 6.07) is 17.9. The van der Waals surface area contributed by atoms with Crippen LogP contribution < -0.4 is 19.9 Å². The number of rotatable bonds is 7. The van der Waals surface area contributed by atoms with Gasteiger partial charge in [-0.15, -0.1) is 18.3 Å². The SMILES string of the molecule is COc1ccc2c(c1)N1C(=CC2C)CSC1=NC(=O)NOC(C)c1ccc(-c2ncn(-c3ccc(OC(F)(F)F)cc3)n2)cc1. The lowest BCUT2D eigenvalue weighted by Crippen LogP contribution is -2.30. The molecule has 6 rings (SSSR count). The van der Waals surface area contributed by atoms with Crippen molar-refractivity contribution in [3.8, 4) is 28.6 Å². The van der Waals surface area contributed by atoms with Gasteiger partial charge in [0.2, 0.25) is 0 Å². The van der Waals surface area contributed by atoms with Crippen molar-refractivity contribution in [3.05, 3.63) is 96.0 Å². The number of hydrogen-bond acceptors (Lipinski definition) is 7. The summed E-state index contributed by atoms with van der Waals surface area (Å²) in [7, 11) is 1.62. The first-order valence-corrected chi connectivity index (χ1v) is 14.8. The molecule has 0 bridgehead atoms. The summed E-state index contributed by atoms with van der Waals surface area (Å²) in [5, 5.41) is 4.97. The summed E-state index contributed by atoms with van der Waals surface area (Å²) in [6.07, 6.45) is -1.60. The van der Waals surface area contributed by atoms with E-state index in [0.29, 0.717) is 28.0 Å². The number of aliphatic imine (C=N–C) groups is 1. The summed E-state index contributed by atoms with van der Waals surface area (Å²) >= 11 is 1.48. The summed E-state index contributed by atoms with van der Waals surface area (Å²) < 4.78 is 48.0. The van der Waals surface area contributed by atoms with Crippen LogP contribution in [0.1, 0.15) is 37.0 Å². The van der Waals surface area contributed by atoms with Crippen LogP contribution in [0.25, 0.3) is 17.1 Å². The standard InChI is InChI=1S/C31H27F3N6O4S/c1-18-14-23-16-45-30(40(23)27-15-25(42-3)12-13-26(18)27)36-29(41)38-44-19(2)20-4-6-21(7-5-20)28-35-17-39(37-28)22-8-10-24(11-9-22)43-31(32,33)34/h4-15,17-19H,16H2,1-3H3,(H,38,41). The van der Waals surface area contributed by atoms with E-state index in [-0.39, 0.29) is 11.7 Å². The van der Waals surface area contributed by atoms with Crippen LogP contribution in [-0.4, -0.2) is 45.2 Å². The molecule has 0 spiro atoms. The number of allylic oxidation sites excluding steroid dienone is 1. The molecule has 2 amide bonds. The van der Waals surface area contributed by atoms with E-state index in [1.807, 2.05) is 47.4 Å². The van der Waals surface area contributed by atoms with Crippen LogP contribution in [0.4, 0.5) is 23.7 Å². The molecule has 232 valence electrons. The van der Waals surface area contributed by atoms with Gasteiger partial charge in [0.25, 0.3) is 0 Å². The third-order valence-electron chi connectivity index (χ3n) is 7.22. The highest BCUT2D eigenvalue weighted by molar-refractivity contribution is 8.14. The van der Waals surface area contributed by atoms with E-state index >= 15 is 0 Å². The Hall–Kier alpha value is -4.82. The van der Waals surface area contributed by atoms with Crippen molar-refractivity contribution >= 4 is 28.6 Å². The molecule has 45 heavy (non-hydrogen) atoms. The molecule has 2 atom stereocenters. The molecule has 1 aromatic heterocycles. The highest BCUT2D eigenvalue weighted by atomic mass is 32.2. The number of hydrogen-bond donors (Lipinski definition) is 1. The number of aromatic nitrogens is 3. The van der Waals surface area contributed by atoms with Crippen molar-refractivity contribution in [2.75, 3.05) is 17.8 Å². The normalized spacial score (nSPS) is 17.4. The third-order valence-corrected chi connectivity index (χ3v) is 8.20. The summed E-state index contributed by atoms with van der Waals surface area (Å²) in [4.78, 5) is 29.0. The Morgan fingerprint density at radius 2 is 1.82 bits per heavy atom. The Bertz CT molecular complexity index is 1770. The highest BCUT2D eigenvalue weighted by Gasteiger charge is 2.34. The molecular formula is C31H27F3N6O4S. The molecule has 1 fully saturated rings. The van der Waals surface area contributed by atoms with Crippen LogP contribution in [0.2, 0.25) is 0 Å². The quantitative estimate of drug-likeness (QED) is 0.213. The lowest BCUT2D eigenvalue weighted by atomic mass is 9.94. The molecule has 3 heterocycles. The molecule has 2 aliphatic heterocycles. The Morgan fingerprint density at radius 3 is 2.53 bits per heavy atom.